The minimum atomic E-state index is -2.05. The Hall–Kier alpha value is -4.20. The lowest BCUT2D eigenvalue weighted by Crippen LogP contribution is -2.37. The highest BCUT2D eigenvalue weighted by Gasteiger charge is 2.40. The van der Waals surface area contributed by atoms with Gasteiger partial charge in [0, 0.05) is 0 Å². The van der Waals surface area contributed by atoms with E-state index in [1.54, 1.807) is 10.4 Å². The zero-order valence-electron chi connectivity index (χ0n) is 30.0. The summed E-state index contributed by atoms with van der Waals surface area (Å²) in [7, 11) is -2.05. The zero-order chi connectivity index (χ0) is 33.7. The Morgan fingerprint density at radius 2 is 0.938 bits per heavy atom. The number of hydrogen-bond donors (Lipinski definition) is 0. The molecule has 0 radical (unpaired) electrons. The molecule has 0 aromatic heterocycles. The van der Waals surface area contributed by atoms with Crippen molar-refractivity contribution in [2.75, 3.05) is 0 Å². The minimum Gasteiger partial charge on any atom is -0.0712 e. The molecule has 0 saturated heterocycles. The molecular weight excluding hydrogens is 593 g/mol. The molecule has 0 spiro atoms. The SMILES string of the molecule is CC(C)(C)c1ccc(-c2cccc3c2C=C([Si](C)(CCc2ccccc2)C2=Cc4c(cccc4-c4ccc(C(C)(C)C)cc4)C2)C3)cc1. The fourth-order valence-corrected chi connectivity index (χ4v) is 11.7. The molecule has 0 nitrogen and oxygen atoms in total. The van der Waals surface area contributed by atoms with Gasteiger partial charge in [-0.15, -0.1) is 0 Å². The van der Waals surface area contributed by atoms with Gasteiger partial charge >= 0.3 is 0 Å². The van der Waals surface area contributed by atoms with Gasteiger partial charge in [-0.3, -0.25) is 0 Å². The van der Waals surface area contributed by atoms with Crippen molar-refractivity contribution in [3.8, 4) is 22.3 Å². The topological polar surface area (TPSA) is 0 Å². The molecule has 2 aliphatic rings. The van der Waals surface area contributed by atoms with Gasteiger partial charge in [0.1, 0.15) is 8.07 Å². The van der Waals surface area contributed by atoms with Crippen LogP contribution in [-0.4, -0.2) is 8.07 Å². The molecule has 0 fully saturated rings. The van der Waals surface area contributed by atoms with E-state index in [-0.39, 0.29) is 10.8 Å². The summed E-state index contributed by atoms with van der Waals surface area (Å²) in [5.74, 6) is 0. The number of benzene rings is 5. The molecule has 0 unspecified atom stereocenters. The molecule has 48 heavy (non-hydrogen) atoms. The first-order chi connectivity index (χ1) is 22.9. The van der Waals surface area contributed by atoms with Gasteiger partial charge in [-0.05, 0) is 97.3 Å². The first-order valence-electron chi connectivity index (χ1n) is 17.8. The first-order valence-corrected chi connectivity index (χ1v) is 20.5. The molecule has 2 aliphatic carbocycles. The van der Waals surface area contributed by atoms with E-state index in [0.29, 0.717) is 0 Å². The Morgan fingerprint density at radius 1 is 0.500 bits per heavy atom. The standard InChI is InChI=1S/C47H50Si/c1-46(2,3)38-23-19-34(20-24-38)42-17-11-15-36-29-40(31-44(36)42)48(7,28-27-33-13-9-8-10-14-33)41-30-37-16-12-18-43(45(37)32-41)35-21-25-39(26-22-35)47(4,5)6/h8-26,31-32H,27-30H2,1-7H3. The van der Waals surface area contributed by atoms with Crippen LogP contribution in [0, 0.1) is 0 Å². The number of allylic oxidation sites excluding steroid dienone is 2. The van der Waals surface area contributed by atoms with Crippen molar-refractivity contribution in [2.45, 2.75) is 84.2 Å². The van der Waals surface area contributed by atoms with Crippen LogP contribution in [0.3, 0.4) is 0 Å². The molecule has 0 aliphatic heterocycles. The molecule has 0 N–H and O–H groups in total. The van der Waals surface area contributed by atoms with Crippen LogP contribution in [-0.2, 0) is 30.1 Å². The van der Waals surface area contributed by atoms with Crippen LogP contribution in [0.4, 0.5) is 0 Å². The molecular formula is C47H50Si. The van der Waals surface area contributed by atoms with Crippen LogP contribution in [0.2, 0.25) is 12.6 Å². The van der Waals surface area contributed by atoms with E-state index in [4.69, 9.17) is 0 Å². The predicted octanol–water partition coefficient (Wildman–Crippen LogP) is 12.6. The van der Waals surface area contributed by atoms with Crippen molar-refractivity contribution in [1.29, 1.82) is 0 Å². The molecule has 0 bridgehead atoms. The van der Waals surface area contributed by atoms with E-state index in [0.717, 1.165) is 19.3 Å². The lowest BCUT2D eigenvalue weighted by atomic mass is 9.86. The molecule has 0 atom stereocenters. The van der Waals surface area contributed by atoms with Crippen molar-refractivity contribution < 1.29 is 0 Å². The van der Waals surface area contributed by atoms with Crippen molar-refractivity contribution in [1.82, 2.24) is 0 Å². The van der Waals surface area contributed by atoms with Crippen LogP contribution < -0.4 is 0 Å². The van der Waals surface area contributed by atoms with Crippen LogP contribution in [0.15, 0.2) is 126 Å². The largest absolute Gasteiger partial charge is 0.107 e. The molecule has 242 valence electrons. The van der Waals surface area contributed by atoms with E-state index in [9.17, 15) is 0 Å². The summed E-state index contributed by atoms with van der Waals surface area (Å²) in [6.45, 7) is 16.4. The third kappa shape index (κ3) is 6.22. The second-order valence-electron chi connectivity index (χ2n) is 16.4. The van der Waals surface area contributed by atoms with Crippen LogP contribution in [0.25, 0.3) is 34.4 Å². The minimum absolute atomic E-state index is 0.152. The first kappa shape index (κ1) is 32.3. The Bertz CT molecular complexity index is 1880. The van der Waals surface area contributed by atoms with Gasteiger partial charge < -0.3 is 0 Å². The Labute approximate surface area is 290 Å². The summed E-state index contributed by atoms with van der Waals surface area (Å²) in [4.78, 5) is 0. The monoisotopic (exact) mass is 642 g/mol. The van der Waals surface area contributed by atoms with Gasteiger partial charge in [-0.2, -0.15) is 0 Å². The highest BCUT2D eigenvalue weighted by Crippen LogP contribution is 2.45. The van der Waals surface area contributed by atoms with Crippen molar-refractivity contribution in [3.63, 3.8) is 0 Å². The number of rotatable bonds is 7. The third-order valence-electron chi connectivity index (χ3n) is 11.1. The predicted molar refractivity (Wildman–Crippen MR) is 211 cm³/mol. The van der Waals surface area contributed by atoms with E-state index in [1.165, 1.54) is 67.2 Å². The summed E-state index contributed by atoms with van der Waals surface area (Å²) < 4.78 is 0. The van der Waals surface area contributed by atoms with E-state index in [1.807, 2.05) is 0 Å². The van der Waals surface area contributed by atoms with E-state index in [2.05, 4.69) is 176 Å². The summed E-state index contributed by atoms with van der Waals surface area (Å²) in [5.41, 5.74) is 15.7. The summed E-state index contributed by atoms with van der Waals surface area (Å²) in [6, 6.07) is 44.9. The quantitative estimate of drug-likeness (QED) is 0.155. The smallest absolute Gasteiger partial charge is 0.0712 e. The van der Waals surface area contributed by atoms with E-state index >= 15 is 0 Å². The lowest BCUT2D eigenvalue weighted by molar-refractivity contribution is 0.590. The van der Waals surface area contributed by atoms with Gasteiger partial charge in [-0.25, -0.2) is 0 Å². The molecule has 7 rings (SSSR count). The van der Waals surface area contributed by atoms with Gasteiger partial charge in [0.2, 0.25) is 0 Å². The van der Waals surface area contributed by atoms with Crippen molar-refractivity contribution in [3.05, 3.63) is 165 Å². The zero-order valence-corrected chi connectivity index (χ0v) is 31.0. The molecule has 5 aromatic rings. The van der Waals surface area contributed by atoms with Crippen LogP contribution in [0.5, 0.6) is 0 Å². The fourth-order valence-electron chi connectivity index (χ4n) is 7.81. The summed E-state index contributed by atoms with van der Waals surface area (Å²) in [6.07, 6.45) is 8.49. The second-order valence-corrected chi connectivity index (χ2v) is 20.9. The Balaban J connectivity index is 1.28. The maximum atomic E-state index is 2.67. The maximum Gasteiger partial charge on any atom is 0.107 e. The van der Waals surface area contributed by atoms with Gasteiger partial charge in [0.15, 0.2) is 0 Å². The van der Waals surface area contributed by atoms with Crippen molar-refractivity contribution >= 4 is 20.2 Å². The summed E-state index contributed by atoms with van der Waals surface area (Å²) >= 11 is 0. The van der Waals surface area contributed by atoms with Gasteiger partial charge in [-0.1, -0.05) is 186 Å². The molecule has 0 saturated carbocycles. The number of hydrogen-bond acceptors (Lipinski definition) is 0. The van der Waals surface area contributed by atoms with Crippen LogP contribution >= 0.6 is 0 Å². The average molecular weight is 643 g/mol. The third-order valence-corrected chi connectivity index (χ3v) is 15.8. The average Bonchev–Trinajstić information content (AvgIpc) is 3.73. The Kier molecular flexibility index (Phi) is 8.33. The van der Waals surface area contributed by atoms with Crippen molar-refractivity contribution in [2.24, 2.45) is 0 Å². The second kappa shape index (κ2) is 12.4. The highest BCUT2D eigenvalue weighted by atomic mass is 28.3. The Morgan fingerprint density at radius 3 is 1.35 bits per heavy atom. The normalized spacial score (nSPS) is 14.4. The van der Waals surface area contributed by atoms with Gasteiger partial charge in [0.25, 0.3) is 0 Å². The summed E-state index contributed by atoms with van der Waals surface area (Å²) in [5, 5.41) is 3.37. The molecule has 1 heteroatoms. The van der Waals surface area contributed by atoms with E-state index < -0.39 is 8.07 Å². The molecule has 0 heterocycles. The molecule has 5 aromatic carbocycles. The maximum absolute atomic E-state index is 2.67. The fraction of sp³-hybridized carbons (Fsp3) is 0.277. The lowest BCUT2D eigenvalue weighted by Gasteiger charge is -2.31. The van der Waals surface area contributed by atoms with Gasteiger partial charge in [0.05, 0.1) is 0 Å². The number of aryl methyl sites for hydroxylation is 1. The molecule has 0 amide bonds. The highest BCUT2D eigenvalue weighted by molar-refractivity contribution is 6.93. The number of fused-ring (bicyclic) bond motifs is 2. The van der Waals surface area contributed by atoms with Crippen LogP contribution in [0.1, 0.15) is 80.5 Å².